The van der Waals surface area contributed by atoms with Crippen LogP contribution in [0.1, 0.15) is 115 Å². The van der Waals surface area contributed by atoms with Gasteiger partial charge >= 0.3 is 15.7 Å². The maximum atomic E-state index is 5.38. The first-order valence-electron chi connectivity index (χ1n) is 16.1. The van der Waals surface area contributed by atoms with Crippen molar-refractivity contribution in [3.8, 4) is 0 Å². The van der Waals surface area contributed by atoms with Gasteiger partial charge in [-0.1, -0.05) is 55.4 Å². The molecule has 1 radical (unpaired) electrons. The number of rotatable bonds is 8. The van der Waals surface area contributed by atoms with Gasteiger partial charge in [-0.3, -0.25) is 0 Å². The highest BCUT2D eigenvalue weighted by molar-refractivity contribution is 6.35. The maximum absolute atomic E-state index is 5.38. The van der Waals surface area contributed by atoms with E-state index in [1.165, 1.54) is 89.4 Å². The highest BCUT2D eigenvalue weighted by Gasteiger charge is 2.30. The molecule has 6 bridgehead atoms. The van der Waals surface area contributed by atoms with Crippen LogP contribution >= 0.6 is 0 Å². The number of hydrogen-bond donors (Lipinski definition) is 0. The van der Waals surface area contributed by atoms with Crippen molar-refractivity contribution in [1.29, 1.82) is 0 Å². The average Bonchev–Trinajstić information content (AvgIpc) is 3.67. The molecule has 0 aromatic carbocycles. The van der Waals surface area contributed by atoms with Crippen molar-refractivity contribution in [2.45, 2.75) is 107 Å². The zero-order chi connectivity index (χ0) is 29.0. The van der Waals surface area contributed by atoms with Crippen LogP contribution in [0.25, 0.3) is 24.3 Å². The van der Waals surface area contributed by atoms with Gasteiger partial charge in [-0.15, -0.1) is 0 Å². The van der Waals surface area contributed by atoms with E-state index >= 15 is 0 Å². The Morgan fingerprint density at radius 2 is 0.854 bits per heavy atom. The molecule has 0 amide bonds. The summed E-state index contributed by atoms with van der Waals surface area (Å²) in [6, 6.07) is 0. The van der Waals surface area contributed by atoms with E-state index in [2.05, 4.69) is 86.8 Å². The van der Waals surface area contributed by atoms with E-state index < -0.39 is 0 Å². The number of fused-ring (bicyclic) bond motifs is 2. The van der Waals surface area contributed by atoms with Crippen LogP contribution in [0.2, 0.25) is 0 Å². The second-order valence-corrected chi connectivity index (χ2v) is 12.7. The third-order valence-corrected chi connectivity index (χ3v) is 11.2. The van der Waals surface area contributed by atoms with E-state index in [9.17, 15) is 0 Å². The van der Waals surface area contributed by atoms with Crippen molar-refractivity contribution in [3.05, 3.63) is 78.0 Å². The van der Waals surface area contributed by atoms with Crippen LogP contribution in [0.15, 0.2) is 43.7 Å². The lowest BCUT2D eigenvalue weighted by molar-refractivity contribution is 1.00. The van der Waals surface area contributed by atoms with Crippen molar-refractivity contribution in [2.24, 2.45) is 9.98 Å². The first-order valence-corrected chi connectivity index (χ1v) is 17.1. The zero-order valence-corrected chi connectivity index (χ0v) is 27.5. The zero-order valence-electron chi connectivity index (χ0n) is 26.3. The molecule has 0 saturated carbocycles. The van der Waals surface area contributed by atoms with Crippen LogP contribution in [-0.4, -0.2) is 34.2 Å². The molecule has 0 N–H and O–H groups in total. The number of nitrogens with zero attached hydrogens (tertiary/aromatic N) is 4. The minimum atomic E-state index is -0.268. The van der Waals surface area contributed by atoms with Crippen molar-refractivity contribution < 1.29 is 0 Å². The predicted molar refractivity (Wildman–Crippen MR) is 177 cm³/mol. The summed E-state index contributed by atoms with van der Waals surface area (Å²) in [5.41, 5.74) is 19.0. The van der Waals surface area contributed by atoms with E-state index in [0.29, 0.717) is 0 Å². The molecule has 211 valence electrons. The van der Waals surface area contributed by atoms with Gasteiger partial charge in [0.1, 0.15) is 0 Å². The summed E-state index contributed by atoms with van der Waals surface area (Å²) in [5.74, 6) is 0. The predicted octanol–water partition coefficient (Wildman–Crippen LogP) is 6.88. The van der Waals surface area contributed by atoms with Gasteiger partial charge in [0.2, 0.25) is 0 Å². The summed E-state index contributed by atoms with van der Waals surface area (Å²) in [6.45, 7) is 18.5. The molecule has 0 aliphatic carbocycles. The number of hydrogen-bond acceptors (Lipinski definition) is 2. The first-order chi connectivity index (χ1) is 20.0. The largest absolute Gasteiger partial charge is 0.563 e. The Labute approximate surface area is 252 Å². The Bertz CT molecular complexity index is 1650. The number of allylic oxidation sites excluding steroid dienone is 4. The lowest BCUT2D eigenvalue weighted by Gasteiger charge is -2.15. The van der Waals surface area contributed by atoms with Gasteiger partial charge in [0.05, 0.1) is 22.8 Å². The standard InChI is InChI=1S/C36H44N4.Al/c1-9-21-22(10-2)30-18-32-25(13-5)26(14-6)34(39-32)20-36-28(16-8)27(15-7)35(40-36)19-33-24(12-4)23(11-3)31(38-33)17-29(21)37-30;/h17-20H,9-16H2,1-8H3;/q-2;+2. The molecule has 6 heterocycles. The highest BCUT2D eigenvalue weighted by atomic mass is 27.1. The minimum absolute atomic E-state index is 0.268. The number of aromatic nitrogens is 2. The molecule has 0 spiro atoms. The molecule has 2 aromatic heterocycles. The van der Waals surface area contributed by atoms with Crippen LogP contribution in [0.4, 0.5) is 0 Å². The van der Waals surface area contributed by atoms with Crippen molar-refractivity contribution in [1.82, 2.24) is 7.10 Å². The van der Waals surface area contributed by atoms with Crippen molar-refractivity contribution in [2.75, 3.05) is 0 Å². The molecule has 4 aliphatic rings. The highest BCUT2D eigenvalue weighted by Crippen LogP contribution is 2.38. The number of aliphatic imine (C=N–C) groups is 2. The Hall–Kier alpha value is -2.87. The molecule has 0 unspecified atom stereocenters. The Morgan fingerprint density at radius 3 is 1.20 bits per heavy atom. The Kier molecular flexibility index (Phi) is 7.64. The van der Waals surface area contributed by atoms with E-state index in [4.69, 9.17) is 9.98 Å². The molecule has 0 atom stereocenters. The monoisotopic (exact) mass is 559 g/mol. The van der Waals surface area contributed by atoms with Gasteiger partial charge in [-0.05, 0) is 120 Å². The van der Waals surface area contributed by atoms with Crippen molar-refractivity contribution >= 4 is 51.4 Å². The second-order valence-electron chi connectivity index (χ2n) is 11.4. The van der Waals surface area contributed by atoms with E-state index in [-0.39, 0.29) is 15.7 Å². The Balaban J connectivity index is 1.88. The second kappa shape index (κ2) is 11.1. The Morgan fingerprint density at radius 1 is 0.463 bits per heavy atom. The van der Waals surface area contributed by atoms with Crippen LogP contribution < -0.4 is 10.7 Å². The molecule has 4 aliphatic heterocycles. The molecular formula is C36H44AlN4. The van der Waals surface area contributed by atoms with Gasteiger partial charge in [0.25, 0.3) is 0 Å². The van der Waals surface area contributed by atoms with Gasteiger partial charge in [-0.2, -0.15) is 0 Å². The van der Waals surface area contributed by atoms with Crippen LogP contribution in [0.3, 0.4) is 0 Å². The van der Waals surface area contributed by atoms with E-state index in [1.54, 1.807) is 0 Å². The lowest BCUT2D eigenvalue weighted by Crippen LogP contribution is -2.38. The molecular weight excluding hydrogens is 515 g/mol. The van der Waals surface area contributed by atoms with Crippen LogP contribution in [0.5, 0.6) is 0 Å². The summed E-state index contributed by atoms with van der Waals surface area (Å²) in [7, 11) is 0. The van der Waals surface area contributed by atoms with Gasteiger partial charge in [-0.25, -0.2) is 9.98 Å². The summed E-state index contributed by atoms with van der Waals surface area (Å²) in [5, 5.41) is 2.72. The smallest absolute Gasteiger partial charge is 0.421 e. The quantitative estimate of drug-likeness (QED) is 0.316. The van der Waals surface area contributed by atoms with Crippen molar-refractivity contribution in [3.63, 3.8) is 0 Å². The maximum Gasteiger partial charge on any atom is 0.563 e. The summed E-state index contributed by atoms with van der Waals surface area (Å²) in [6.07, 6.45) is 17.8. The molecule has 0 saturated heterocycles. The van der Waals surface area contributed by atoms with E-state index in [1.807, 2.05) is 0 Å². The minimum Gasteiger partial charge on any atom is -0.421 e. The van der Waals surface area contributed by atoms with Crippen LogP contribution in [-0.2, 0) is 25.7 Å². The SMILES string of the molecule is CCC1=C(CC)C2=NC1=Cc1c(CC)c(CC)c3[n]1[Al][n]1c(c(CC)c(CC)c1=CC1=NC(=C3)C(CC)=C1CC)=C2. The third-order valence-electron chi connectivity index (χ3n) is 9.60. The fourth-order valence-electron chi connectivity index (χ4n) is 7.75. The first kappa shape index (κ1) is 28.3. The molecule has 0 fully saturated rings. The topological polar surface area (TPSA) is 34.6 Å². The van der Waals surface area contributed by atoms with Gasteiger partial charge in [0, 0.05) is 22.1 Å². The van der Waals surface area contributed by atoms with Gasteiger partial charge in [0.15, 0.2) is 0 Å². The fourth-order valence-corrected chi connectivity index (χ4v) is 9.40. The average molecular weight is 560 g/mol. The summed E-state index contributed by atoms with van der Waals surface area (Å²) < 4.78 is 5.36. The molecule has 5 heteroatoms. The molecule has 2 aromatic rings. The molecule has 6 rings (SSSR count). The van der Waals surface area contributed by atoms with Crippen LogP contribution in [0, 0.1) is 0 Å². The van der Waals surface area contributed by atoms with E-state index in [0.717, 1.165) is 51.4 Å². The summed E-state index contributed by atoms with van der Waals surface area (Å²) >= 11 is -0.268. The molecule has 4 nitrogen and oxygen atoms in total. The lowest BCUT2D eigenvalue weighted by atomic mass is 9.97. The molecule has 41 heavy (non-hydrogen) atoms. The third kappa shape index (κ3) is 4.15. The normalized spacial score (nSPS) is 17.1. The van der Waals surface area contributed by atoms with Gasteiger partial charge < -0.3 is 7.10 Å². The summed E-state index contributed by atoms with van der Waals surface area (Å²) in [4.78, 5) is 10.8. The fraction of sp³-hybridized carbons (Fsp3) is 0.444.